The number of fused-ring (bicyclic) bond motifs is 1. The maximum absolute atomic E-state index is 5.90. The van der Waals surface area contributed by atoms with Crippen molar-refractivity contribution in [2.24, 2.45) is 0 Å². The highest BCUT2D eigenvalue weighted by Gasteiger charge is 2.12. The highest BCUT2D eigenvalue weighted by atomic mass is 35.5. The van der Waals surface area contributed by atoms with Crippen LogP contribution in [0.3, 0.4) is 0 Å². The van der Waals surface area contributed by atoms with Gasteiger partial charge in [-0.1, -0.05) is 12.1 Å². The zero-order valence-corrected chi connectivity index (χ0v) is 13.2. The Morgan fingerprint density at radius 2 is 2.13 bits per heavy atom. The third-order valence-corrected chi connectivity index (χ3v) is 4.14. The summed E-state index contributed by atoms with van der Waals surface area (Å²) in [6, 6.07) is 6.09. The van der Waals surface area contributed by atoms with E-state index in [4.69, 9.17) is 22.3 Å². The van der Waals surface area contributed by atoms with E-state index in [0.717, 1.165) is 24.2 Å². The van der Waals surface area contributed by atoms with Gasteiger partial charge >= 0.3 is 0 Å². The molecule has 7 heteroatoms. The van der Waals surface area contributed by atoms with E-state index in [1.165, 1.54) is 12.0 Å². The summed E-state index contributed by atoms with van der Waals surface area (Å²) >= 11 is 5.90. The van der Waals surface area contributed by atoms with E-state index >= 15 is 0 Å². The molecule has 6 nitrogen and oxygen atoms in total. The van der Waals surface area contributed by atoms with Gasteiger partial charge in [0.2, 0.25) is 5.28 Å². The zero-order chi connectivity index (χ0) is 15.8. The summed E-state index contributed by atoms with van der Waals surface area (Å²) in [4.78, 5) is 17.2. The van der Waals surface area contributed by atoms with Gasteiger partial charge in [-0.15, -0.1) is 0 Å². The maximum atomic E-state index is 5.90. The van der Waals surface area contributed by atoms with Gasteiger partial charge in [-0.2, -0.15) is 9.97 Å². The maximum Gasteiger partial charge on any atom is 0.226 e. The molecular weight excluding hydrogens is 312 g/mol. The summed E-state index contributed by atoms with van der Waals surface area (Å²) in [5, 5.41) is 0.120. The monoisotopic (exact) mass is 326 g/mol. The van der Waals surface area contributed by atoms with Crippen LogP contribution in [0.1, 0.15) is 30.7 Å². The Labute approximate surface area is 138 Å². The molecule has 0 amide bonds. The molecule has 23 heavy (non-hydrogen) atoms. The molecule has 0 aliphatic heterocycles. The SMILES string of the molecule is Nc1nc(Cl)nc2c1ncn2Cc1cccc(C2=CCCC2)n1. The topological polar surface area (TPSA) is 82.5 Å². The van der Waals surface area contributed by atoms with E-state index in [0.29, 0.717) is 17.7 Å². The number of pyridine rings is 1. The predicted octanol–water partition coefficient (Wildman–Crippen LogP) is 3.07. The second-order valence-electron chi connectivity index (χ2n) is 5.56. The van der Waals surface area contributed by atoms with Crippen molar-refractivity contribution in [3.8, 4) is 0 Å². The minimum absolute atomic E-state index is 0.120. The number of anilines is 1. The molecule has 3 heterocycles. The number of aromatic nitrogens is 5. The fourth-order valence-electron chi connectivity index (χ4n) is 2.88. The van der Waals surface area contributed by atoms with Crippen LogP contribution in [0.25, 0.3) is 16.7 Å². The van der Waals surface area contributed by atoms with E-state index in [-0.39, 0.29) is 11.1 Å². The van der Waals surface area contributed by atoms with E-state index in [1.54, 1.807) is 6.33 Å². The van der Waals surface area contributed by atoms with Gasteiger partial charge in [0.25, 0.3) is 0 Å². The van der Waals surface area contributed by atoms with Crippen LogP contribution in [0.2, 0.25) is 5.28 Å². The highest BCUT2D eigenvalue weighted by molar-refractivity contribution is 6.28. The molecule has 0 unspecified atom stereocenters. The van der Waals surface area contributed by atoms with Crippen molar-refractivity contribution in [3.05, 3.63) is 47.3 Å². The first kappa shape index (κ1) is 14.1. The second-order valence-corrected chi connectivity index (χ2v) is 5.90. The van der Waals surface area contributed by atoms with Gasteiger partial charge < -0.3 is 10.3 Å². The van der Waals surface area contributed by atoms with Crippen LogP contribution in [0.5, 0.6) is 0 Å². The van der Waals surface area contributed by atoms with Crippen LogP contribution in [0, 0.1) is 0 Å². The van der Waals surface area contributed by atoms with Gasteiger partial charge in [0, 0.05) is 0 Å². The average molecular weight is 327 g/mol. The number of nitrogens with two attached hydrogens (primary N) is 1. The lowest BCUT2D eigenvalue weighted by atomic mass is 10.1. The van der Waals surface area contributed by atoms with Crippen LogP contribution in [0.4, 0.5) is 5.82 Å². The van der Waals surface area contributed by atoms with Crippen molar-refractivity contribution in [2.75, 3.05) is 5.73 Å². The van der Waals surface area contributed by atoms with Crippen LogP contribution in [-0.2, 0) is 6.54 Å². The van der Waals surface area contributed by atoms with Gasteiger partial charge in [-0.3, -0.25) is 4.98 Å². The molecule has 2 N–H and O–H groups in total. The largest absolute Gasteiger partial charge is 0.382 e. The normalized spacial score (nSPS) is 14.4. The lowest BCUT2D eigenvalue weighted by Gasteiger charge is -2.07. The lowest BCUT2D eigenvalue weighted by molar-refractivity contribution is 0.785. The Morgan fingerprint density at radius 1 is 1.22 bits per heavy atom. The predicted molar refractivity (Wildman–Crippen MR) is 89.9 cm³/mol. The summed E-state index contributed by atoms with van der Waals surface area (Å²) in [5.74, 6) is 0.288. The van der Waals surface area contributed by atoms with Gasteiger partial charge in [-0.05, 0) is 48.6 Å². The lowest BCUT2D eigenvalue weighted by Crippen LogP contribution is -2.04. The van der Waals surface area contributed by atoms with Gasteiger partial charge in [0.05, 0.1) is 24.3 Å². The smallest absolute Gasteiger partial charge is 0.226 e. The molecule has 1 aliphatic carbocycles. The molecule has 0 bridgehead atoms. The fraction of sp³-hybridized carbons (Fsp3) is 0.250. The Hall–Kier alpha value is -2.47. The Balaban J connectivity index is 1.70. The fourth-order valence-corrected chi connectivity index (χ4v) is 3.05. The molecule has 3 aromatic heterocycles. The minimum Gasteiger partial charge on any atom is -0.382 e. The van der Waals surface area contributed by atoms with Gasteiger partial charge in [0.1, 0.15) is 5.52 Å². The molecule has 0 radical (unpaired) electrons. The molecule has 0 spiro atoms. The first-order valence-electron chi connectivity index (χ1n) is 7.50. The van der Waals surface area contributed by atoms with E-state index in [9.17, 15) is 0 Å². The van der Waals surface area contributed by atoms with Crippen molar-refractivity contribution in [1.29, 1.82) is 0 Å². The number of imidazole rings is 1. The molecule has 0 fully saturated rings. The summed E-state index contributed by atoms with van der Waals surface area (Å²) < 4.78 is 1.88. The molecule has 0 saturated carbocycles. The van der Waals surface area contributed by atoms with E-state index in [2.05, 4.69) is 27.1 Å². The third kappa shape index (κ3) is 2.66. The first-order valence-corrected chi connectivity index (χ1v) is 7.88. The standard InChI is InChI=1S/C16H15ClN6/c17-16-21-14(18)13-15(22-16)23(9-19-13)8-11-6-3-7-12(20-11)10-4-1-2-5-10/h3-4,6-7,9H,1-2,5,8H2,(H2,18,21,22). The van der Waals surface area contributed by atoms with Crippen LogP contribution < -0.4 is 5.73 Å². The van der Waals surface area contributed by atoms with Crippen molar-refractivity contribution in [3.63, 3.8) is 0 Å². The average Bonchev–Trinajstić information content (AvgIpc) is 3.18. The number of hydrogen-bond donors (Lipinski definition) is 1. The molecular formula is C16H15ClN6. The summed E-state index contributed by atoms with van der Waals surface area (Å²) in [6.07, 6.45) is 7.41. The number of hydrogen-bond acceptors (Lipinski definition) is 5. The minimum atomic E-state index is 0.120. The Bertz CT molecular complexity index is 914. The van der Waals surface area contributed by atoms with Crippen LogP contribution in [0.15, 0.2) is 30.6 Å². The molecule has 116 valence electrons. The van der Waals surface area contributed by atoms with E-state index < -0.39 is 0 Å². The third-order valence-electron chi connectivity index (χ3n) is 3.97. The number of allylic oxidation sites excluding steroid dienone is 2. The Morgan fingerprint density at radius 3 is 2.96 bits per heavy atom. The molecule has 0 saturated heterocycles. The van der Waals surface area contributed by atoms with Crippen molar-refractivity contribution in [2.45, 2.75) is 25.8 Å². The molecule has 0 atom stereocenters. The summed E-state index contributed by atoms with van der Waals surface area (Å²) in [6.45, 7) is 0.560. The molecule has 4 rings (SSSR count). The van der Waals surface area contributed by atoms with Crippen molar-refractivity contribution >= 4 is 34.2 Å². The van der Waals surface area contributed by atoms with Crippen LogP contribution in [-0.4, -0.2) is 24.5 Å². The first-order chi connectivity index (χ1) is 11.2. The molecule has 3 aromatic rings. The van der Waals surface area contributed by atoms with Crippen molar-refractivity contribution in [1.82, 2.24) is 24.5 Å². The number of halogens is 1. The van der Waals surface area contributed by atoms with Crippen molar-refractivity contribution < 1.29 is 0 Å². The van der Waals surface area contributed by atoms with E-state index in [1.807, 2.05) is 16.7 Å². The Kier molecular flexibility index (Phi) is 3.46. The second kappa shape index (κ2) is 5.62. The number of nitrogens with zero attached hydrogens (tertiary/aromatic N) is 5. The van der Waals surface area contributed by atoms with Gasteiger partial charge in [0.15, 0.2) is 11.5 Å². The highest BCUT2D eigenvalue weighted by Crippen LogP contribution is 2.26. The number of nitrogen functional groups attached to an aromatic ring is 1. The molecule has 1 aliphatic rings. The quantitative estimate of drug-likeness (QED) is 0.748. The van der Waals surface area contributed by atoms with Gasteiger partial charge in [-0.25, -0.2) is 4.98 Å². The molecule has 0 aromatic carbocycles. The number of rotatable bonds is 3. The summed E-state index contributed by atoms with van der Waals surface area (Å²) in [7, 11) is 0. The zero-order valence-electron chi connectivity index (χ0n) is 12.4. The van der Waals surface area contributed by atoms with Crippen LogP contribution >= 0.6 is 11.6 Å². The summed E-state index contributed by atoms with van der Waals surface area (Å²) in [5.41, 5.74) is 10.3.